The molecule has 0 aliphatic heterocycles. The quantitative estimate of drug-likeness (QED) is 0.856. The van der Waals surface area contributed by atoms with E-state index in [2.05, 4.69) is 5.32 Å². The van der Waals surface area contributed by atoms with Gasteiger partial charge in [-0.1, -0.05) is 43.3 Å². The van der Waals surface area contributed by atoms with Crippen molar-refractivity contribution in [3.63, 3.8) is 0 Å². The monoisotopic (exact) mass is 273 g/mol. The van der Waals surface area contributed by atoms with Gasteiger partial charge >= 0.3 is 0 Å². The van der Waals surface area contributed by atoms with Crippen molar-refractivity contribution in [2.75, 3.05) is 6.54 Å². The van der Waals surface area contributed by atoms with Gasteiger partial charge in [0, 0.05) is 6.04 Å². The molecule has 2 aromatic rings. The van der Waals surface area contributed by atoms with Gasteiger partial charge in [0.25, 0.3) is 0 Å². The molecule has 0 aliphatic rings. The van der Waals surface area contributed by atoms with Gasteiger partial charge < -0.3 is 10.1 Å². The van der Waals surface area contributed by atoms with Crippen LogP contribution in [0.3, 0.4) is 0 Å². The van der Waals surface area contributed by atoms with Gasteiger partial charge in [-0.15, -0.1) is 0 Å². The maximum absolute atomic E-state index is 14.0. The normalized spacial score (nSPS) is 12.2. The number of halogens is 1. The Labute approximate surface area is 119 Å². The van der Waals surface area contributed by atoms with Gasteiger partial charge in [0.15, 0.2) is 11.6 Å². The Hall–Kier alpha value is -1.87. The van der Waals surface area contributed by atoms with Gasteiger partial charge in [-0.2, -0.15) is 0 Å². The second kappa shape index (κ2) is 7.06. The van der Waals surface area contributed by atoms with Crippen LogP contribution in [0.1, 0.15) is 31.0 Å². The summed E-state index contributed by atoms with van der Waals surface area (Å²) in [6.07, 6.45) is 0. The summed E-state index contributed by atoms with van der Waals surface area (Å²) in [6, 6.07) is 15.0. The van der Waals surface area contributed by atoms with E-state index in [9.17, 15) is 4.39 Å². The Morgan fingerprint density at radius 1 is 1.15 bits per heavy atom. The molecule has 2 aromatic carbocycles. The maximum atomic E-state index is 14.0. The molecule has 0 radical (unpaired) electrons. The fraction of sp³-hybridized carbons (Fsp3) is 0.294. The fourth-order valence-electron chi connectivity index (χ4n) is 2.06. The molecule has 3 heteroatoms. The lowest BCUT2D eigenvalue weighted by Crippen LogP contribution is -2.17. The molecule has 2 nitrogen and oxygen atoms in total. The first kappa shape index (κ1) is 14.5. The van der Waals surface area contributed by atoms with Crippen molar-refractivity contribution in [3.8, 4) is 5.75 Å². The lowest BCUT2D eigenvalue weighted by Gasteiger charge is -2.14. The van der Waals surface area contributed by atoms with Crippen LogP contribution in [-0.4, -0.2) is 6.54 Å². The van der Waals surface area contributed by atoms with Crippen molar-refractivity contribution in [3.05, 3.63) is 65.5 Å². The lowest BCUT2D eigenvalue weighted by molar-refractivity contribution is 0.290. The van der Waals surface area contributed by atoms with E-state index >= 15 is 0 Å². The van der Waals surface area contributed by atoms with Gasteiger partial charge in [-0.25, -0.2) is 4.39 Å². The average molecular weight is 273 g/mol. The Morgan fingerprint density at radius 2 is 1.90 bits per heavy atom. The topological polar surface area (TPSA) is 21.3 Å². The van der Waals surface area contributed by atoms with Crippen LogP contribution in [0.5, 0.6) is 5.75 Å². The molecule has 2 rings (SSSR count). The maximum Gasteiger partial charge on any atom is 0.165 e. The van der Waals surface area contributed by atoms with Crippen LogP contribution >= 0.6 is 0 Å². The largest absolute Gasteiger partial charge is 0.486 e. The van der Waals surface area contributed by atoms with Crippen LogP contribution in [0.25, 0.3) is 0 Å². The first-order chi connectivity index (χ1) is 9.70. The Morgan fingerprint density at radius 3 is 2.55 bits per heavy atom. The highest BCUT2D eigenvalue weighted by Crippen LogP contribution is 2.22. The predicted molar refractivity (Wildman–Crippen MR) is 79.3 cm³/mol. The summed E-state index contributed by atoms with van der Waals surface area (Å²) in [4.78, 5) is 0. The van der Waals surface area contributed by atoms with Crippen molar-refractivity contribution < 1.29 is 9.13 Å². The predicted octanol–water partition coefficient (Wildman–Crippen LogP) is 4.08. The number of rotatable bonds is 6. The van der Waals surface area contributed by atoms with Crippen LogP contribution in [0, 0.1) is 5.82 Å². The molecule has 0 saturated carbocycles. The minimum absolute atomic E-state index is 0.137. The van der Waals surface area contributed by atoms with E-state index in [0.717, 1.165) is 17.7 Å². The lowest BCUT2D eigenvalue weighted by atomic mass is 10.1. The van der Waals surface area contributed by atoms with E-state index in [-0.39, 0.29) is 11.9 Å². The van der Waals surface area contributed by atoms with Gasteiger partial charge in [0.1, 0.15) is 6.61 Å². The van der Waals surface area contributed by atoms with Gasteiger partial charge in [0.2, 0.25) is 0 Å². The summed E-state index contributed by atoms with van der Waals surface area (Å²) in [5.41, 5.74) is 1.95. The van der Waals surface area contributed by atoms with Gasteiger partial charge in [-0.05, 0) is 36.7 Å². The van der Waals surface area contributed by atoms with Crippen LogP contribution in [0.4, 0.5) is 4.39 Å². The number of ether oxygens (including phenoxy) is 1. The molecule has 20 heavy (non-hydrogen) atoms. The minimum atomic E-state index is -0.316. The minimum Gasteiger partial charge on any atom is -0.486 e. The number of benzene rings is 2. The van der Waals surface area contributed by atoms with Crippen LogP contribution in [0.15, 0.2) is 48.5 Å². The van der Waals surface area contributed by atoms with Crippen LogP contribution in [0.2, 0.25) is 0 Å². The molecule has 1 N–H and O–H groups in total. The molecule has 0 heterocycles. The van der Waals surface area contributed by atoms with Gasteiger partial charge in [-0.3, -0.25) is 0 Å². The third kappa shape index (κ3) is 3.81. The second-order valence-corrected chi connectivity index (χ2v) is 4.74. The first-order valence-electron chi connectivity index (χ1n) is 6.90. The van der Waals surface area contributed by atoms with Crippen LogP contribution in [-0.2, 0) is 6.61 Å². The summed E-state index contributed by atoms with van der Waals surface area (Å²) in [6.45, 7) is 5.28. The Kier molecular flexibility index (Phi) is 5.13. The Bertz CT molecular complexity index is 542. The highest BCUT2D eigenvalue weighted by Gasteiger charge is 2.09. The highest BCUT2D eigenvalue weighted by atomic mass is 19.1. The van der Waals surface area contributed by atoms with E-state index in [4.69, 9.17) is 4.74 Å². The van der Waals surface area contributed by atoms with Crippen molar-refractivity contribution >= 4 is 0 Å². The first-order valence-corrected chi connectivity index (χ1v) is 6.90. The van der Waals surface area contributed by atoms with Crippen molar-refractivity contribution in [2.45, 2.75) is 26.5 Å². The molecule has 0 aromatic heterocycles. The van der Waals surface area contributed by atoms with Crippen LogP contribution < -0.4 is 10.1 Å². The SMILES string of the molecule is CCNC(C)c1ccc(OCc2ccccc2)c(F)c1. The molecular formula is C17H20FNO. The number of nitrogens with one attached hydrogen (secondary N) is 1. The van der Waals surface area contributed by atoms with Crippen molar-refractivity contribution in [1.29, 1.82) is 0 Å². The zero-order valence-electron chi connectivity index (χ0n) is 11.9. The molecule has 0 amide bonds. The van der Waals surface area contributed by atoms with Crippen molar-refractivity contribution in [1.82, 2.24) is 5.32 Å². The summed E-state index contributed by atoms with van der Waals surface area (Å²) in [7, 11) is 0. The zero-order valence-corrected chi connectivity index (χ0v) is 11.9. The van der Waals surface area contributed by atoms with E-state index in [0.29, 0.717) is 12.4 Å². The van der Waals surface area contributed by atoms with E-state index < -0.39 is 0 Å². The molecule has 1 atom stereocenters. The Balaban J connectivity index is 2.02. The molecular weight excluding hydrogens is 253 g/mol. The molecule has 1 unspecified atom stereocenters. The standard InChI is InChI=1S/C17H20FNO/c1-3-19-13(2)15-9-10-17(16(18)11-15)20-12-14-7-5-4-6-8-14/h4-11,13,19H,3,12H2,1-2H3. The summed E-state index contributed by atoms with van der Waals surface area (Å²) < 4.78 is 19.5. The summed E-state index contributed by atoms with van der Waals surface area (Å²) in [5.74, 6) is -0.0236. The summed E-state index contributed by atoms with van der Waals surface area (Å²) in [5, 5.41) is 3.26. The van der Waals surface area contributed by atoms with E-state index in [1.54, 1.807) is 6.07 Å². The summed E-state index contributed by atoms with van der Waals surface area (Å²) >= 11 is 0. The van der Waals surface area contributed by atoms with Crippen molar-refractivity contribution in [2.24, 2.45) is 0 Å². The number of hydrogen-bond donors (Lipinski definition) is 1. The van der Waals surface area contributed by atoms with Gasteiger partial charge in [0.05, 0.1) is 0 Å². The van der Waals surface area contributed by atoms with E-state index in [1.165, 1.54) is 6.07 Å². The molecule has 0 spiro atoms. The highest BCUT2D eigenvalue weighted by molar-refractivity contribution is 5.31. The third-order valence-corrected chi connectivity index (χ3v) is 3.20. The molecule has 0 saturated heterocycles. The zero-order chi connectivity index (χ0) is 14.4. The second-order valence-electron chi connectivity index (χ2n) is 4.74. The molecule has 0 fully saturated rings. The average Bonchev–Trinajstić information content (AvgIpc) is 2.47. The smallest absolute Gasteiger partial charge is 0.165 e. The molecule has 106 valence electrons. The van der Waals surface area contributed by atoms with E-state index in [1.807, 2.05) is 50.2 Å². The number of hydrogen-bond acceptors (Lipinski definition) is 2. The molecule has 0 aliphatic carbocycles. The molecule has 0 bridgehead atoms. The fourth-order valence-corrected chi connectivity index (χ4v) is 2.06. The third-order valence-electron chi connectivity index (χ3n) is 3.20.